The van der Waals surface area contributed by atoms with Crippen LogP contribution in [0.5, 0.6) is 5.75 Å². The Hall–Kier alpha value is -4.99. The first-order valence-corrected chi connectivity index (χ1v) is 16.8. The van der Waals surface area contributed by atoms with Crippen LogP contribution in [-0.2, 0) is 11.3 Å². The zero-order valence-electron chi connectivity index (χ0n) is 26.0. The van der Waals surface area contributed by atoms with Crippen molar-refractivity contribution in [2.24, 2.45) is 4.99 Å². The van der Waals surface area contributed by atoms with E-state index in [1.54, 1.807) is 11.7 Å². The van der Waals surface area contributed by atoms with Gasteiger partial charge in [0.2, 0.25) is 0 Å². The third-order valence-electron chi connectivity index (χ3n) is 8.54. The van der Waals surface area contributed by atoms with Gasteiger partial charge in [0.15, 0.2) is 4.80 Å². The van der Waals surface area contributed by atoms with E-state index in [1.807, 2.05) is 91.9 Å². The first-order valence-electron chi connectivity index (χ1n) is 15.2. The van der Waals surface area contributed by atoms with Gasteiger partial charge in [-0.3, -0.25) is 14.2 Å². The van der Waals surface area contributed by atoms with Gasteiger partial charge in [-0.05, 0) is 73.5 Å². The van der Waals surface area contributed by atoms with Gasteiger partial charge in [-0.25, -0.2) is 4.99 Å². The van der Waals surface area contributed by atoms with Crippen LogP contribution in [0.2, 0.25) is 0 Å². The first kappa shape index (κ1) is 30.7. The molecule has 0 bridgehead atoms. The molecule has 4 aromatic carbocycles. The number of aromatic nitrogens is 2. The van der Waals surface area contributed by atoms with Crippen LogP contribution in [0, 0.1) is 6.92 Å². The number of hydrogen-bond acceptors (Lipinski definition) is 5. The number of benzene rings is 4. The van der Waals surface area contributed by atoms with Crippen LogP contribution >= 0.6 is 27.3 Å². The third-order valence-corrected chi connectivity index (χ3v) is 10.1. The second-order valence-corrected chi connectivity index (χ2v) is 13.3. The molecule has 0 saturated heterocycles. The molecule has 6 aromatic rings. The Morgan fingerprint density at radius 3 is 2.38 bits per heavy atom. The highest BCUT2D eigenvalue weighted by molar-refractivity contribution is 9.10. The molecule has 0 saturated carbocycles. The number of ether oxygens (including phenoxy) is 1. The molecule has 1 atom stereocenters. The summed E-state index contributed by atoms with van der Waals surface area (Å²) in [6.45, 7) is 4.62. The van der Waals surface area contributed by atoms with Gasteiger partial charge in [0, 0.05) is 38.9 Å². The maximum absolute atomic E-state index is 14.4. The monoisotopic (exact) mass is 702 g/mol. The van der Waals surface area contributed by atoms with E-state index < -0.39 is 6.04 Å². The standard InChI is InChI=1S/C38H31BrN4O3S/c1-23-34(36(44)41-28-9-5-4-6-10-28)35(26-15-19-29(46-3)20-16-26)43-37(45)33(47-38(43)40-23)21-31-24(2)42(32-12-8-7-11-30(31)32)22-25-13-17-27(39)18-14-25/h4-21,35H,22H2,1-3H3,(H,41,44)/b33-21+/t35-/m0/s1. The van der Waals surface area contributed by atoms with Gasteiger partial charge in [0.25, 0.3) is 11.5 Å². The number of carbonyl (C=O) groups is 1. The number of allylic oxidation sites excluding steroid dienone is 1. The van der Waals surface area contributed by atoms with Crippen LogP contribution in [0.1, 0.15) is 35.3 Å². The molecule has 0 fully saturated rings. The number of methoxy groups -OCH3 is 1. The molecule has 0 unspecified atom stereocenters. The molecule has 0 spiro atoms. The number of carbonyl (C=O) groups excluding carboxylic acids is 1. The Morgan fingerprint density at radius 2 is 1.66 bits per heavy atom. The highest BCUT2D eigenvalue weighted by Gasteiger charge is 2.32. The summed E-state index contributed by atoms with van der Waals surface area (Å²) in [5.41, 5.74) is 6.56. The molecule has 234 valence electrons. The van der Waals surface area contributed by atoms with E-state index >= 15 is 0 Å². The number of amides is 1. The Balaban J connectivity index is 1.38. The summed E-state index contributed by atoms with van der Waals surface area (Å²) in [6.07, 6.45) is 1.98. The summed E-state index contributed by atoms with van der Waals surface area (Å²) in [5, 5.41) is 4.08. The van der Waals surface area contributed by atoms with E-state index in [2.05, 4.69) is 57.0 Å². The number of fused-ring (bicyclic) bond motifs is 2. The fourth-order valence-electron chi connectivity index (χ4n) is 6.18. The molecule has 0 radical (unpaired) electrons. The van der Waals surface area contributed by atoms with E-state index in [0.29, 0.717) is 38.6 Å². The number of anilines is 1. The Labute approximate surface area is 283 Å². The molecule has 1 amide bonds. The van der Waals surface area contributed by atoms with Crippen molar-refractivity contribution in [1.82, 2.24) is 9.13 Å². The molecule has 2 aromatic heterocycles. The molecule has 47 heavy (non-hydrogen) atoms. The van der Waals surface area contributed by atoms with Crippen LogP contribution in [0.3, 0.4) is 0 Å². The van der Waals surface area contributed by atoms with E-state index in [1.165, 1.54) is 16.9 Å². The summed E-state index contributed by atoms with van der Waals surface area (Å²) in [7, 11) is 1.61. The first-order chi connectivity index (χ1) is 22.8. The lowest BCUT2D eigenvalue weighted by Crippen LogP contribution is -2.40. The Bertz CT molecular complexity index is 2350. The van der Waals surface area contributed by atoms with Gasteiger partial charge in [-0.2, -0.15) is 0 Å². The maximum Gasteiger partial charge on any atom is 0.271 e. The van der Waals surface area contributed by atoms with Gasteiger partial charge in [0.05, 0.1) is 29.0 Å². The second-order valence-electron chi connectivity index (χ2n) is 11.4. The number of rotatable bonds is 7. The topological polar surface area (TPSA) is 77.6 Å². The van der Waals surface area contributed by atoms with Crippen molar-refractivity contribution in [3.8, 4) is 5.75 Å². The fraction of sp³-hybridized carbons (Fsp3) is 0.132. The minimum absolute atomic E-state index is 0.198. The molecule has 1 N–H and O–H groups in total. The average molecular weight is 704 g/mol. The number of para-hydroxylation sites is 2. The molecular weight excluding hydrogens is 672 g/mol. The Morgan fingerprint density at radius 1 is 0.957 bits per heavy atom. The zero-order valence-corrected chi connectivity index (χ0v) is 28.4. The third kappa shape index (κ3) is 5.77. The number of halogens is 1. The predicted molar refractivity (Wildman–Crippen MR) is 192 cm³/mol. The number of thiazole rings is 1. The minimum atomic E-state index is -0.678. The van der Waals surface area contributed by atoms with Crippen molar-refractivity contribution in [1.29, 1.82) is 0 Å². The number of nitrogens with zero attached hydrogens (tertiary/aromatic N) is 3. The van der Waals surface area contributed by atoms with Crippen molar-refractivity contribution in [3.63, 3.8) is 0 Å². The van der Waals surface area contributed by atoms with Crippen LogP contribution in [-0.4, -0.2) is 22.2 Å². The van der Waals surface area contributed by atoms with Crippen LogP contribution in [0.15, 0.2) is 129 Å². The quantitative estimate of drug-likeness (QED) is 0.196. The van der Waals surface area contributed by atoms with E-state index in [0.717, 1.165) is 32.2 Å². The molecule has 9 heteroatoms. The predicted octanol–water partition coefficient (Wildman–Crippen LogP) is 6.96. The van der Waals surface area contributed by atoms with Crippen LogP contribution < -0.4 is 24.9 Å². The van der Waals surface area contributed by atoms with Crippen molar-refractivity contribution in [2.75, 3.05) is 12.4 Å². The van der Waals surface area contributed by atoms with Gasteiger partial charge in [-0.15, -0.1) is 0 Å². The lowest BCUT2D eigenvalue weighted by Gasteiger charge is -2.25. The van der Waals surface area contributed by atoms with Gasteiger partial charge < -0.3 is 14.6 Å². The summed E-state index contributed by atoms with van der Waals surface area (Å²) in [4.78, 5) is 33.7. The molecule has 1 aliphatic rings. The van der Waals surface area contributed by atoms with E-state index in [-0.39, 0.29) is 11.5 Å². The molecule has 1 aliphatic heterocycles. The lowest BCUT2D eigenvalue weighted by molar-refractivity contribution is -0.113. The normalized spacial score (nSPS) is 14.6. The summed E-state index contributed by atoms with van der Waals surface area (Å²) >= 11 is 4.87. The SMILES string of the molecule is COc1ccc([C@H]2C(C(=O)Nc3ccccc3)=C(C)N=c3s/c(=C/c4c(C)n(Cc5ccc(Br)cc5)c5ccccc45)c(=O)n32)cc1. The molecule has 7 rings (SSSR count). The highest BCUT2D eigenvalue weighted by atomic mass is 79.9. The van der Waals surface area contributed by atoms with Gasteiger partial charge in [-0.1, -0.05) is 87.9 Å². The fourth-order valence-corrected chi connectivity index (χ4v) is 7.47. The summed E-state index contributed by atoms with van der Waals surface area (Å²) in [5.74, 6) is 0.381. The van der Waals surface area contributed by atoms with Crippen LogP contribution in [0.4, 0.5) is 5.69 Å². The second kappa shape index (κ2) is 12.7. The zero-order chi connectivity index (χ0) is 32.7. The van der Waals surface area contributed by atoms with Crippen LogP contribution in [0.25, 0.3) is 17.0 Å². The van der Waals surface area contributed by atoms with E-state index in [9.17, 15) is 9.59 Å². The van der Waals surface area contributed by atoms with Gasteiger partial charge in [0.1, 0.15) is 5.75 Å². The number of hydrogen-bond donors (Lipinski definition) is 1. The smallest absolute Gasteiger partial charge is 0.271 e. The van der Waals surface area contributed by atoms with Crippen molar-refractivity contribution in [3.05, 3.63) is 161 Å². The molecule has 0 aliphatic carbocycles. The molecule has 3 heterocycles. The number of nitrogens with one attached hydrogen (secondary N) is 1. The highest BCUT2D eigenvalue weighted by Crippen LogP contribution is 2.32. The summed E-state index contributed by atoms with van der Waals surface area (Å²) in [6, 6.07) is 32.7. The largest absolute Gasteiger partial charge is 0.497 e. The van der Waals surface area contributed by atoms with Gasteiger partial charge >= 0.3 is 0 Å². The summed E-state index contributed by atoms with van der Waals surface area (Å²) < 4.78 is 10.9. The maximum atomic E-state index is 14.4. The lowest BCUT2D eigenvalue weighted by atomic mass is 9.95. The van der Waals surface area contributed by atoms with Crippen molar-refractivity contribution < 1.29 is 9.53 Å². The molecular formula is C38H31BrN4O3S. The Kier molecular flexibility index (Phi) is 8.26. The average Bonchev–Trinajstić information content (AvgIpc) is 3.53. The van der Waals surface area contributed by atoms with Crippen molar-refractivity contribution in [2.45, 2.75) is 26.4 Å². The minimum Gasteiger partial charge on any atom is -0.497 e. The molecule has 7 nitrogen and oxygen atoms in total. The van der Waals surface area contributed by atoms with Crippen molar-refractivity contribution >= 4 is 55.8 Å². The van der Waals surface area contributed by atoms with E-state index in [4.69, 9.17) is 9.73 Å².